The average molecular weight is 264 g/mol. The highest BCUT2D eigenvalue weighted by Crippen LogP contribution is 1.78. The number of rotatable bonds is 9. The van der Waals surface area contributed by atoms with E-state index in [0.717, 1.165) is 13.1 Å². The van der Waals surface area contributed by atoms with Crippen LogP contribution in [0.2, 0.25) is 0 Å². The molecule has 1 amide bonds. The van der Waals surface area contributed by atoms with Crippen molar-refractivity contribution in [2.24, 2.45) is 0 Å². The maximum atomic E-state index is 10.7. The van der Waals surface area contributed by atoms with E-state index in [1.54, 1.807) is 7.05 Å². The van der Waals surface area contributed by atoms with Crippen LogP contribution in [0.15, 0.2) is 0 Å². The molecule has 0 rings (SSSR count). The lowest BCUT2D eigenvalue weighted by molar-refractivity contribution is -0.125. The molecule has 0 unspecified atom stereocenters. The number of hydrogen-bond acceptors (Lipinski definition) is 4. The molecular weight excluding hydrogens is 232 g/mol. The van der Waals surface area contributed by atoms with Gasteiger partial charge in [-0.3, -0.25) is 4.79 Å². The number of hydrogen-bond donors (Lipinski definition) is 2. The fourth-order valence-corrected chi connectivity index (χ4v) is 0.778. The van der Waals surface area contributed by atoms with Gasteiger partial charge in [0.2, 0.25) is 5.91 Å². The minimum atomic E-state index is -0.113. The average Bonchev–Trinajstić information content (AvgIpc) is 2.45. The number of ether oxygens (including phenoxy) is 2. The van der Waals surface area contributed by atoms with E-state index < -0.39 is 0 Å². The van der Waals surface area contributed by atoms with Gasteiger partial charge in [-0.15, -0.1) is 0 Å². The summed E-state index contributed by atoms with van der Waals surface area (Å²) in [7, 11) is 1.58. The van der Waals surface area contributed by atoms with E-state index in [1.165, 1.54) is 0 Å². The Morgan fingerprint density at radius 3 is 2.06 bits per heavy atom. The summed E-state index contributed by atoms with van der Waals surface area (Å²) < 4.78 is 10.3. The second-order valence-corrected chi connectivity index (χ2v) is 2.69. The molecule has 0 aliphatic rings. The Bertz CT molecular complexity index is 144. The van der Waals surface area contributed by atoms with Crippen molar-refractivity contribution in [3.05, 3.63) is 0 Å². The van der Waals surface area contributed by atoms with Crippen molar-refractivity contribution in [3.63, 3.8) is 0 Å². The zero-order valence-corrected chi connectivity index (χ0v) is 13.0. The topological polar surface area (TPSA) is 59.6 Å². The summed E-state index contributed by atoms with van der Waals surface area (Å²) in [6.07, 6.45) is 0. The molecule has 0 aromatic rings. The molecule has 0 aliphatic heterocycles. The van der Waals surface area contributed by atoms with Crippen LogP contribution in [0.4, 0.5) is 0 Å². The smallest absolute Gasteiger partial charge is 0.245 e. The van der Waals surface area contributed by atoms with Gasteiger partial charge in [0.05, 0.1) is 19.8 Å². The lowest BCUT2D eigenvalue weighted by atomic mass is 10.6. The summed E-state index contributed by atoms with van der Waals surface area (Å²) in [4.78, 5) is 10.7. The molecule has 5 heteroatoms. The van der Waals surface area contributed by atoms with Crippen LogP contribution in [0.25, 0.3) is 0 Å². The van der Waals surface area contributed by atoms with Crippen LogP contribution in [-0.2, 0) is 14.3 Å². The maximum absolute atomic E-state index is 10.7. The van der Waals surface area contributed by atoms with Gasteiger partial charge < -0.3 is 20.1 Å². The molecule has 0 atom stereocenters. The Morgan fingerprint density at radius 2 is 1.56 bits per heavy atom. The quantitative estimate of drug-likeness (QED) is 0.619. The molecule has 5 nitrogen and oxygen atoms in total. The molecule has 0 bridgehead atoms. The van der Waals surface area contributed by atoms with Crippen molar-refractivity contribution in [3.8, 4) is 0 Å². The summed E-state index contributed by atoms with van der Waals surface area (Å²) in [5.74, 6) is -0.113. The predicted molar refractivity (Wildman–Crippen MR) is 76.9 cm³/mol. The standard InChI is InChI=1S/C9H20N2O3.2C2H6/c1-3-11-4-5-13-6-7-14-8-9(12)10-2;2*1-2/h11H,3-8H2,1-2H3,(H,10,12);2*1-2H3. The van der Waals surface area contributed by atoms with Gasteiger partial charge in [0.15, 0.2) is 0 Å². The minimum Gasteiger partial charge on any atom is -0.378 e. The molecule has 2 N–H and O–H groups in total. The lowest BCUT2D eigenvalue weighted by Gasteiger charge is -2.05. The van der Waals surface area contributed by atoms with Crippen molar-refractivity contribution in [1.82, 2.24) is 10.6 Å². The van der Waals surface area contributed by atoms with Gasteiger partial charge in [-0.1, -0.05) is 34.6 Å². The summed E-state index contributed by atoms with van der Waals surface area (Å²) in [6, 6.07) is 0. The molecular formula is C13H32N2O3. The molecule has 0 aromatic heterocycles. The van der Waals surface area contributed by atoms with Crippen LogP contribution >= 0.6 is 0 Å². The minimum absolute atomic E-state index is 0.104. The van der Waals surface area contributed by atoms with Crippen LogP contribution in [0, 0.1) is 0 Å². The van der Waals surface area contributed by atoms with E-state index in [1.807, 2.05) is 34.6 Å². The second-order valence-electron chi connectivity index (χ2n) is 2.69. The van der Waals surface area contributed by atoms with Gasteiger partial charge in [-0.25, -0.2) is 0 Å². The molecule has 0 spiro atoms. The van der Waals surface area contributed by atoms with Gasteiger partial charge in [0.25, 0.3) is 0 Å². The van der Waals surface area contributed by atoms with Crippen molar-refractivity contribution < 1.29 is 14.3 Å². The predicted octanol–water partition coefficient (Wildman–Crippen LogP) is 1.43. The first-order valence-corrected chi connectivity index (χ1v) is 6.88. The Hall–Kier alpha value is -0.650. The Morgan fingerprint density at radius 1 is 1.00 bits per heavy atom. The van der Waals surface area contributed by atoms with E-state index in [2.05, 4.69) is 10.6 Å². The molecule has 0 fully saturated rings. The van der Waals surface area contributed by atoms with Crippen LogP contribution in [0.3, 0.4) is 0 Å². The highest BCUT2D eigenvalue weighted by Gasteiger charge is 1.96. The first kappa shape index (κ1) is 22.5. The fraction of sp³-hybridized carbons (Fsp3) is 0.923. The van der Waals surface area contributed by atoms with Gasteiger partial charge in [0.1, 0.15) is 6.61 Å². The highest BCUT2D eigenvalue weighted by atomic mass is 16.5. The molecule has 0 heterocycles. The number of carbonyl (C=O) groups is 1. The number of carbonyl (C=O) groups excluding carboxylic acids is 1. The van der Waals surface area contributed by atoms with Gasteiger partial charge in [-0.2, -0.15) is 0 Å². The van der Waals surface area contributed by atoms with E-state index in [4.69, 9.17) is 9.47 Å². The third-order valence-electron chi connectivity index (χ3n) is 1.56. The van der Waals surface area contributed by atoms with Gasteiger partial charge in [-0.05, 0) is 6.54 Å². The third kappa shape index (κ3) is 24.5. The van der Waals surface area contributed by atoms with Crippen molar-refractivity contribution in [2.45, 2.75) is 34.6 Å². The molecule has 0 saturated heterocycles. The summed E-state index contributed by atoms with van der Waals surface area (Å²) in [5.41, 5.74) is 0. The van der Waals surface area contributed by atoms with Crippen LogP contribution in [0.1, 0.15) is 34.6 Å². The zero-order valence-electron chi connectivity index (χ0n) is 13.0. The third-order valence-corrected chi connectivity index (χ3v) is 1.56. The van der Waals surface area contributed by atoms with E-state index in [0.29, 0.717) is 19.8 Å². The van der Waals surface area contributed by atoms with Crippen molar-refractivity contribution in [1.29, 1.82) is 0 Å². The van der Waals surface area contributed by atoms with Crippen LogP contribution in [-0.4, -0.2) is 52.5 Å². The number of amides is 1. The van der Waals surface area contributed by atoms with Crippen LogP contribution < -0.4 is 10.6 Å². The molecule has 0 aromatic carbocycles. The van der Waals surface area contributed by atoms with E-state index in [9.17, 15) is 4.79 Å². The second kappa shape index (κ2) is 25.3. The maximum Gasteiger partial charge on any atom is 0.245 e. The first-order chi connectivity index (χ1) is 8.81. The van der Waals surface area contributed by atoms with Crippen molar-refractivity contribution in [2.75, 3.05) is 46.6 Å². The monoisotopic (exact) mass is 264 g/mol. The van der Waals surface area contributed by atoms with Crippen LogP contribution in [0.5, 0.6) is 0 Å². The molecule has 0 saturated carbocycles. The Labute approximate surface area is 113 Å². The summed E-state index contributed by atoms with van der Waals surface area (Å²) in [5, 5.41) is 5.61. The van der Waals surface area contributed by atoms with E-state index >= 15 is 0 Å². The van der Waals surface area contributed by atoms with Gasteiger partial charge in [0, 0.05) is 13.6 Å². The first-order valence-electron chi connectivity index (χ1n) is 6.88. The largest absolute Gasteiger partial charge is 0.378 e. The van der Waals surface area contributed by atoms with Gasteiger partial charge >= 0.3 is 0 Å². The Kier molecular flexibility index (Phi) is 31.6. The lowest BCUT2D eigenvalue weighted by Crippen LogP contribution is -2.24. The fourth-order valence-electron chi connectivity index (χ4n) is 0.778. The highest BCUT2D eigenvalue weighted by molar-refractivity contribution is 5.76. The summed E-state index contributed by atoms with van der Waals surface area (Å²) >= 11 is 0. The van der Waals surface area contributed by atoms with Crippen molar-refractivity contribution >= 4 is 5.91 Å². The number of nitrogens with one attached hydrogen (secondary N) is 2. The molecule has 18 heavy (non-hydrogen) atoms. The molecule has 0 radical (unpaired) electrons. The molecule has 0 aliphatic carbocycles. The summed E-state index contributed by atoms with van der Waals surface area (Å²) in [6.45, 7) is 13.6. The SMILES string of the molecule is CC.CC.CCNCCOCCOCC(=O)NC. The number of likely N-dealkylation sites (N-methyl/N-ethyl adjacent to an activating group) is 2. The zero-order chi connectivity index (χ0) is 14.6. The normalized spacial score (nSPS) is 8.56. The molecule has 112 valence electrons. The van der Waals surface area contributed by atoms with E-state index in [-0.39, 0.29) is 12.5 Å². The Balaban J connectivity index is -0.000000506.